The second kappa shape index (κ2) is 6.71. The third-order valence-corrected chi connectivity index (χ3v) is 2.86. The van der Waals surface area contributed by atoms with Crippen molar-refractivity contribution in [2.75, 3.05) is 11.9 Å². The number of aliphatic hydroxyl groups is 1. The number of aliphatic hydroxyl groups excluding tert-OH is 1. The van der Waals surface area contributed by atoms with Crippen LogP contribution in [-0.4, -0.2) is 23.5 Å². The summed E-state index contributed by atoms with van der Waals surface area (Å²) in [5.41, 5.74) is 1.51. The SMILES string of the molecule is Cc1cccc(NC(=O)C(=O)NC(CO)c2ccco2)c1. The van der Waals surface area contributed by atoms with Gasteiger partial charge in [0, 0.05) is 5.69 Å². The monoisotopic (exact) mass is 288 g/mol. The lowest BCUT2D eigenvalue weighted by Crippen LogP contribution is -2.38. The second-order valence-corrected chi connectivity index (χ2v) is 4.55. The first-order valence-corrected chi connectivity index (χ1v) is 6.43. The van der Waals surface area contributed by atoms with Crippen LogP contribution < -0.4 is 10.6 Å². The molecule has 2 amide bonds. The van der Waals surface area contributed by atoms with E-state index in [9.17, 15) is 14.7 Å². The number of hydrogen-bond donors (Lipinski definition) is 3. The smallest absolute Gasteiger partial charge is 0.313 e. The predicted molar refractivity (Wildman–Crippen MR) is 76.5 cm³/mol. The van der Waals surface area contributed by atoms with Gasteiger partial charge in [-0.1, -0.05) is 12.1 Å². The van der Waals surface area contributed by atoms with Crippen LogP contribution in [-0.2, 0) is 9.59 Å². The van der Waals surface area contributed by atoms with Crippen molar-refractivity contribution in [2.45, 2.75) is 13.0 Å². The summed E-state index contributed by atoms with van der Waals surface area (Å²) in [6.07, 6.45) is 1.43. The molecule has 0 fully saturated rings. The van der Waals surface area contributed by atoms with Crippen LogP contribution in [0.4, 0.5) is 5.69 Å². The largest absolute Gasteiger partial charge is 0.467 e. The highest BCUT2D eigenvalue weighted by molar-refractivity contribution is 6.39. The van der Waals surface area contributed by atoms with Crippen molar-refractivity contribution in [3.8, 4) is 0 Å². The van der Waals surface area contributed by atoms with Crippen molar-refractivity contribution >= 4 is 17.5 Å². The number of anilines is 1. The molecule has 0 saturated heterocycles. The molecule has 1 aromatic heterocycles. The van der Waals surface area contributed by atoms with Gasteiger partial charge < -0.3 is 20.2 Å². The van der Waals surface area contributed by atoms with E-state index in [1.54, 1.807) is 30.3 Å². The van der Waals surface area contributed by atoms with Gasteiger partial charge in [0.1, 0.15) is 11.8 Å². The van der Waals surface area contributed by atoms with E-state index in [4.69, 9.17) is 4.42 Å². The third kappa shape index (κ3) is 3.93. The van der Waals surface area contributed by atoms with E-state index in [1.807, 2.05) is 13.0 Å². The van der Waals surface area contributed by atoms with Gasteiger partial charge in [-0.05, 0) is 36.8 Å². The van der Waals surface area contributed by atoms with E-state index in [-0.39, 0.29) is 6.61 Å². The molecular weight excluding hydrogens is 272 g/mol. The predicted octanol–water partition coefficient (Wildman–Crippen LogP) is 1.38. The standard InChI is InChI=1S/C15H16N2O4/c1-10-4-2-5-11(8-10)16-14(19)15(20)17-12(9-18)13-6-3-7-21-13/h2-8,12,18H,9H2,1H3,(H,16,19)(H,17,20). The number of aryl methyl sites for hydroxylation is 1. The zero-order valence-electron chi connectivity index (χ0n) is 11.5. The average molecular weight is 288 g/mol. The van der Waals surface area contributed by atoms with Crippen molar-refractivity contribution in [2.24, 2.45) is 0 Å². The Labute approximate surface area is 121 Å². The third-order valence-electron chi connectivity index (χ3n) is 2.86. The Hall–Kier alpha value is -2.60. The van der Waals surface area contributed by atoms with Gasteiger partial charge in [-0.3, -0.25) is 9.59 Å². The molecule has 0 saturated carbocycles. The Morgan fingerprint density at radius 2 is 2.05 bits per heavy atom. The summed E-state index contributed by atoms with van der Waals surface area (Å²) >= 11 is 0. The molecule has 0 radical (unpaired) electrons. The fraction of sp³-hybridized carbons (Fsp3) is 0.200. The van der Waals surface area contributed by atoms with Gasteiger partial charge in [-0.2, -0.15) is 0 Å². The highest BCUT2D eigenvalue weighted by Gasteiger charge is 2.21. The maximum absolute atomic E-state index is 11.8. The molecule has 21 heavy (non-hydrogen) atoms. The van der Waals surface area contributed by atoms with Crippen LogP contribution >= 0.6 is 0 Å². The maximum Gasteiger partial charge on any atom is 0.313 e. The van der Waals surface area contributed by atoms with Crippen LogP contribution in [0.5, 0.6) is 0 Å². The minimum Gasteiger partial charge on any atom is -0.467 e. The van der Waals surface area contributed by atoms with Crippen LogP contribution in [0.25, 0.3) is 0 Å². The van der Waals surface area contributed by atoms with Crippen molar-refractivity contribution in [3.63, 3.8) is 0 Å². The van der Waals surface area contributed by atoms with Crippen LogP contribution in [0.1, 0.15) is 17.4 Å². The summed E-state index contributed by atoms with van der Waals surface area (Å²) < 4.78 is 5.09. The van der Waals surface area contributed by atoms with E-state index in [2.05, 4.69) is 10.6 Å². The quantitative estimate of drug-likeness (QED) is 0.741. The van der Waals surface area contributed by atoms with Gasteiger partial charge in [0.05, 0.1) is 12.9 Å². The summed E-state index contributed by atoms with van der Waals surface area (Å²) in [6, 6.07) is 9.60. The molecule has 0 bridgehead atoms. The topological polar surface area (TPSA) is 91.6 Å². The average Bonchev–Trinajstić information content (AvgIpc) is 2.98. The summed E-state index contributed by atoms with van der Waals surface area (Å²) in [5, 5.41) is 14.2. The van der Waals surface area contributed by atoms with Gasteiger partial charge in [0.2, 0.25) is 0 Å². The molecule has 6 nitrogen and oxygen atoms in total. The molecule has 1 aromatic carbocycles. The minimum absolute atomic E-state index is 0.364. The number of carbonyl (C=O) groups is 2. The molecular formula is C15H16N2O4. The molecule has 0 aliphatic carbocycles. The molecule has 6 heteroatoms. The molecule has 3 N–H and O–H groups in total. The van der Waals surface area contributed by atoms with Crippen molar-refractivity contribution in [3.05, 3.63) is 54.0 Å². The molecule has 110 valence electrons. The number of benzene rings is 1. The maximum atomic E-state index is 11.8. The normalized spacial score (nSPS) is 11.7. The lowest BCUT2D eigenvalue weighted by Gasteiger charge is -2.13. The summed E-state index contributed by atoms with van der Waals surface area (Å²) in [6.45, 7) is 1.52. The van der Waals surface area contributed by atoms with Crippen LogP contribution in [0, 0.1) is 6.92 Å². The molecule has 2 rings (SSSR count). The minimum atomic E-state index is -0.841. The molecule has 1 unspecified atom stereocenters. The molecule has 2 aromatic rings. The van der Waals surface area contributed by atoms with Crippen molar-refractivity contribution in [1.82, 2.24) is 5.32 Å². The Morgan fingerprint density at radius 1 is 1.24 bits per heavy atom. The Balaban J connectivity index is 1.97. The highest BCUT2D eigenvalue weighted by Crippen LogP contribution is 2.13. The number of amides is 2. The lowest BCUT2D eigenvalue weighted by atomic mass is 10.2. The first-order chi connectivity index (χ1) is 10.1. The van der Waals surface area contributed by atoms with Gasteiger partial charge in [-0.15, -0.1) is 0 Å². The van der Waals surface area contributed by atoms with Crippen LogP contribution in [0.2, 0.25) is 0 Å². The zero-order valence-corrected chi connectivity index (χ0v) is 11.5. The summed E-state index contributed by atoms with van der Waals surface area (Å²) in [5.74, 6) is -1.26. The summed E-state index contributed by atoms with van der Waals surface area (Å²) in [4.78, 5) is 23.6. The van der Waals surface area contributed by atoms with E-state index in [0.717, 1.165) is 5.56 Å². The molecule has 1 atom stereocenters. The van der Waals surface area contributed by atoms with Crippen molar-refractivity contribution < 1.29 is 19.1 Å². The Bertz CT molecular complexity index is 622. The Morgan fingerprint density at radius 3 is 2.67 bits per heavy atom. The van der Waals surface area contributed by atoms with E-state index < -0.39 is 17.9 Å². The molecule has 1 heterocycles. The van der Waals surface area contributed by atoms with Crippen LogP contribution in [0.3, 0.4) is 0 Å². The molecule has 0 aliphatic rings. The van der Waals surface area contributed by atoms with Gasteiger partial charge in [0.25, 0.3) is 0 Å². The first-order valence-electron chi connectivity index (χ1n) is 6.43. The van der Waals surface area contributed by atoms with Crippen molar-refractivity contribution in [1.29, 1.82) is 0 Å². The lowest BCUT2D eigenvalue weighted by molar-refractivity contribution is -0.136. The Kier molecular flexibility index (Phi) is 4.73. The number of carbonyl (C=O) groups excluding carboxylic acids is 2. The van der Waals surface area contributed by atoms with E-state index in [0.29, 0.717) is 11.4 Å². The number of rotatable bonds is 4. The van der Waals surface area contributed by atoms with Crippen LogP contribution in [0.15, 0.2) is 47.1 Å². The fourth-order valence-electron chi connectivity index (χ4n) is 1.83. The molecule has 0 spiro atoms. The van der Waals surface area contributed by atoms with Gasteiger partial charge in [0.15, 0.2) is 0 Å². The van der Waals surface area contributed by atoms with E-state index in [1.165, 1.54) is 6.26 Å². The van der Waals surface area contributed by atoms with Gasteiger partial charge >= 0.3 is 11.8 Å². The summed E-state index contributed by atoms with van der Waals surface area (Å²) in [7, 11) is 0. The zero-order chi connectivity index (χ0) is 15.2. The number of furan rings is 1. The molecule has 0 aliphatic heterocycles. The highest BCUT2D eigenvalue weighted by atomic mass is 16.3. The second-order valence-electron chi connectivity index (χ2n) is 4.55. The fourth-order valence-corrected chi connectivity index (χ4v) is 1.83. The first kappa shape index (κ1) is 14.8. The van der Waals surface area contributed by atoms with E-state index >= 15 is 0 Å². The number of nitrogens with one attached hydrogen (secondary N) is 2. The van der Waals surface area contributed by atoms with Gasteiger partial charge in [-0.25, -0.2) is 0 Å². The number of hydrogen-bond acceptors (Lipinski definition) is 4.